The van der Waals surface area contributed by atoms with Crippen LogP contribution in [0.1, 0.15) is 54.6 Å². The molecule has 0 fully saturated rings. The highest BCUT2D eigenvalue weighted by molar-refractivity contribution is 5.98. The van der Waals surface area contributed by atoms with Crippen LogP contribution in [-0.4, -0.2) is 23.1 Å². The summed E-state index contributed by atoms with van der Waals surface area (Å²) in [5.74, 6) is -0.980. The number of aromatic hydroxyl groups is 1. The van der Waals surface area contributed by atoms with Gasteiger partial charge in [-0.25, -0.2) is 4.79 Å². The lowest BCUT2D eigenvalue weighted by Gasteiger charge is -2.18. The number of phenolic OH excluding ortho intramolecular Hbond substituents is 1. The monoisotopic (exact) mass is 355 g/mol. The van der Waals surface area contributed by atoms with Crippen LogP contribution < -0.4 is 5.32 Å². The number of aryl methyl sites for hydroxylation is 1. The minimum atomic E-state index is -0.993. The van der Waals surface area contributed by atoms with Crippen LogP contribution in [0.2, 0.25) is 0 Å². The van der Waals surface area contributed by atoms with E-state index in [1.165, 1.54) is 13.0 Å². The molecule has 138 valence electrons. The van der Waals surface area contributed by atoms with Gasteiger partial charge in [-0.2, -0.15) is 0 Å². The number of ether oxygens (including phenoxy) is 1. The summed E-state index contributed by atoms with van der Waals surface area (Å²) in [6, 6.07) is 12.4. The van der Waals surface area contributed by atoms with Gasteiger partial charge in [0.05, 0.1) is 0 Å². The average molecular weight is 355 g/mol. The Labute approximate surface area is 154 Å². The molecule has 0 saturated heterocycles. The molecule has 0 heterocycles. The Morgan fingerprint density at radius 1 is 1.12 bits per heavy atom. The van der Waals surface area contributed by atoms with Gasteiger partial charge in [0, 0.05) is 5.69 Å². The molecule has 0 unspecified atom stereocenters. The number of carbonyl (C=O) groups is 2. The number of hydrogen-bond acceptors (Lipinski definition) is 4. The Morgan fingerprint density at radius 2 is 1.81 bits per heavy atom. The van der Waals surface area contributed by atoms with Crippen LogP contribution in [0.15, 0.2) is 42.5 Å². The first kappa shape index (κ1) is 19.5. The first-order chi connectivity index (χ1) is 12.3. The molecule has 0 aliphatic carbocycles. The van der Waals surface area contributed by atoms with Gasteiger partial charge in [-0.15, -0.1) is 0 Å². The number of nitrogens with one attached hydrogen (secondary N) is 1. The van der Waals surface area contributed by atoms with E-state index in [1.807, 2.05) is 24.3 Å². The Hall–Kier alpha value is -2.82. The summed E-state index contributed by atoms with van der Waals surface area (Å²) in [6.45, 7) is 7.37. The van der Waals surface area contributed by atoms with Gasteiger partial charge in [0.15, 0.2) is 6.10 Å². The van der Waals surface area contributed by atoms with Crippen molar-refractivity contribution in [1.29, 1.82) is 0 Å². The fourth-order valence-electron chi connectivity index (χ4n) is 2.60. The van der Waals surface area contributed by atoms with Crippen molar-refractivity contribution in [3.05, 3.63) is 59.2 Å². The predicted molar refractivity (Wildman–Crippen MR) is 101 cm³/mol. The van der Waals surface area contributed by atoms with Crippen molar-refractivity contribution in [1.82, 2.24) is 0 Å². The van der Waals surface area contributed by atoms with Crippen molar-refractivity contribution in [2.24, 2.45) is 0 Å². The van der Waals surface area contributed by atoms with E-state index in [9.17, 15) is 14.7 Å². The molecule has 0 bridgehead atoms. The molecule has 1 amide bonds. The normalized spacial score (nSPS) is 12.9. The van der Waals surface area contributed by atoms with E-state index in [-0.39, 0.29) is 11.3 Å². The SMILES string of the molecule is CC[C@H](C)c1ccccc1NC(=O)[C@@H](C)OC(=O)c1cccc(C)c1O. The fraction of sp³-hybridized carbons (Fsp3) is 0.333. The zero-order valence-corrected chi connectivity index (χ0v) is 15.6. The lowest BCUT2D eigenvalue weighted by molar-refractivity contribution is -0.123. The molecule has 26 heavy (non-hydrogen) atoms. The zero-order valence-electron chi connectivity index (χ0n) is 15.6. The molecule has 2 aromatic carbocycles. The molecule has 2 aromatic rings. The second-order valence-electron chi connectivity index (χ2n) is 6.40. The highest BCUT2D eigenvalue weighted by Gasteiger charge is 2.22. The lowest BCUT2D eigenvalue weighted by atomic mass is 9.97. The van der Waals surface area contributed by atoms with Crippen molar-refractivity contribution in [3.8, 4) is 5.75 Å². The van der Waals surface area contributed by atoms with Gasteiger partial charge in [-0.05, 0) is 49.4 Å². The largest absolute Gasteiger partial charge is 0.507 e. The molecule has 0 aliphatic heterocycles. The van der Waals surface area contributed by atoms with Gasteiger partial charge in [0.2, 0.25) is 0 Å². The maximum absolute atomic E-state index is 12.4. The average Bonchev–Trinajstić information content (AvgIpc) is 2.63. The highest BCUT2D eigenvalue weighted by Crippen LogP contribution is 2.27. The van der Waals surface area contributed by atoms with E-state index in [0.717, 1.165) is 12.0 Å². The molecule has 0 aliphatic rings. The van der Waals surface area contributed by atoms with Crippen LogP contribution in [-0.2, 0) is 9.53 Å². The smallest absolute Gasteiger partial charge is 0.342 e. The standard InChI is InChI=1S/C21H25NO4/c1-5-13(2)16-10-6-7-12-18(16)22-20(24)15(4)26-21(25)17-11-8-9-14(3)19(17)23/h6-13,15,23H,5H2,1-4H3,(H,22,24)/t13-,15+/m0/s1. The third-order valence-corrected chi connectivity index (χ3v) is 4.47. The van der Waals surface area contributed by atoms with Gasteiger partial charge in [-0.1, -0.05) is 44.2 Å². The summed E-state index contributed by atoms with van der Waals surface area (Å²) in [5.41, 5.74) is 2.37. The van der Waals surface area contributed by atoms with Gasteiger partial charge in [0.1, 0.15) is 11.3 Å². The van der Waals surface area contributed by atoms with Crippen molar-refractivity contribution in [2.75, 3.05) is 5.32 Å². The van der Waals surface area contributed by atoms with E-state index in [1.54, 1.807) is 19.1 Å². The van der Waals surface area contributed by atoms with Crippen LogP contribution in [0.25, 0.3) is 0 Å². The number of hydrogen-bond donors (Lipinski definition) is 2. The molecule has 0 saturated carbocycles. The van der Waals surface area contributed by atoms with Crippen molar-refractivity contribution < 1.29 is 19.4 Å². The fourth-order valence-corrected chi connectivity index (χ4v) is 2.60. The summed E-state index contributed by atoms with van der Waals surface area (Å²) < 4.78 is 5.22. The zero-order chi connectivity index (χ0) is 19.3. The molecular weight excluding hydrogens is 330 g/mol. The number of esters is 1. The number of phenols is 1. The molecule has 0 radical (unpaired) electrons. The third-order valence-electron chi connectivity index (χ3n) is 4.47. The maximum atomic E-state index is 12.4. The van der Waals surface area contributed by atoms with E-state index < -0.39 is 18.0 Å². The van der Waals surface area contributed by atoms with Crippen LogP contribution in [0.4, 0.5) is 5.69 Å². The van der Waals surface area contributed by atoms with Gasteiger partial charge < -0.3 is 15.2 Å². The Balaban J connectivity index is 2.09. The van der Waals surface area contributed by atoms with Crippen molar-refractivity contribution >= 4 is 17.6 Å². The molecule has 0 spiro atoms. The summed E-state index contributed by atoms with van der Waals surface area (Å²) in [4.78, 5) is 24.7. The summed E-state index contributed by atoms with van der Waals surface area (Å²) in [5, 5.41) is 12.8. The van der Waals surface area contributed by atoms with E-state index >= 15 is 0 Å². The Kier molecular flexibility index (Phi) is 6.39. The van der Waals surface area contributed by atoms with Crippen molar-refractivity contribution in [3.63, 3.8) is 0 Å². The van der Waals surface area contributed by atoms with Gasteiger partial charge in [-0.3, -0.25) is 4.79 Å². The Bertz CT molecular complexity index is 800. The number of rotatable bonds is 6. The molecule has 0 aromatic heterocycles. The number of para-hydroxylation sites is 2. The van der Waals surface area contributed by atoms with E-state index in [2.05, 4.69) is 19.2 Å². The first-order valence-electron chi connectivity index (χ1n) is 8.74. The maximum Gasteiger partial charge on any atom is 0.342 e. The molecular formula is C21H25NO4. The minimum Gasteiger partial charge on any atom is -0.507 e. The second-order valence-corrected chi connectivity index (χ2v) is 6.40. The molecule has 2 atom stereocenters. The van der Waals surface area contributed by atoms with Crippen molar-refractivity contribution in [2.45, 2.75) is 46.1 Å². The van der Waals surface area contributed by atoms with Crippen LogP contribution in [0.3, 0.4) is 0 Å². The number of benzene rings is 2. The summed E-state index contributed by atoms with van der Waals surface area (Å²) in [7, 11) is 0. The van der Waals surface area contributed by atoms with Crippen LogP contribution >= 0.6 is 0 Å². The van der Waals surface area contributed by atoms with Crippen LogP contribution in [0.5, 0.6) is 5.75 Å². The quantitative estimate of drug-likeness (QED) is 0.753. The number of carbonyl (C=O) groups excluding carboxylic acids is 2. The summed E-state index contributed by atoms with van der Waals surface area (Å²) in [6.07, 6.45) is -0.0447. The van der Waals surface area contributed by atoms with E-state index in [0.29, 0.717) is 17.2 Å². The molecule has 2 N–H and O–H groups in total. The topological polar surface area (TPSA) is 75.6 Å². The number of anilines is 1. The number of amides is 1. The molecule has 5 nitrogen and oxygen atoms in total. The first-order valence-corrected chi connectivity index (χ1v) is 8.74. The predicted octanol–water partition coefficient (Wildman–Crippen LogP) is 4.40. The third kappa shape index (κ3) is 4.42. The highest BCUT2D eigenvalue weighted by atomic mass is 16.5. The van der Waals surface area contributed by atoms with Crippen LogP contribution in [0, 0.1) is 6.92 Å². The second kappa shape index (κ2) is 8.52. The van der Waals surface area contributed by atoms with Gasteiger partial charge in [0.25, 0.3) is 5.91 Å². The summed E-state index contributed by atoms with van der Waals surface area (Å²) >= 11 is 0. The van der Waals surface area contributed by atoms with E-state index in [4.69, 9.17) is 4.74 Å². The molecule has 5 heteroatoms. The Morgan fingerprint density at radius 3 is 2.50 bits per heavy atom. The minimum absolute atomic E-state index is 0.0460. The lowest BCUT2D eigenvalue weighted by Crippen LogP contribution is -2.30. The molecule has 2 rings (SSSR count). The van der Waals surface area contributed by atoms with Gasteiger partial charge >= 0.3 is 5.97 Å².